The summed E-state index contributed by atoms with van der Waals surface area (Å²) >= 11 is 0. The lowest BCUT2D eigenvalue weighted by molar-refractivity contribution is 1.29. The van der Waals surface area contributed by atoms with E-state index in [0.29, 0.717) is 5.56 Å². The average molecular weight is 493 g/mol. The second-order valence-corrected chi connectivity index (χ2v) is 11.3. The van der Waals surface area contributed by atoms with E-state index in [2.05, 4.69) is 127 Å². The van der Waals surface area contributed by atoms with Crippen LogP contribution >= 0.6 is 0 Å². The molecule has 1 atom stereocenters. The summed E-state index contributed by atoms with van der Waals surface area (Å²) in [4.78, 5) is 1.37. The second-order valence-electron chi connectivity index (χ2n) is 9.25. The minimum absolute atomic E-state index is 0.0328. The highest BCUT2D eigenvalue weighted by atomic mass is 32.2. The minimum Gasteiger partial charge on any atom is -0.192 e. The van der Waals surface area contributed by atoms with Gasteiger partial charge in [0.05, 0.1) is 11.6 Å². The van der Waals surface area contributed by atoms with Crippen molar-refractivity contribution in [1.29, 1.82) is 5.26 Å². The minimum atomic E-state index is -0.0328. The highest BCUT2D eigenvalue weighted by Gasteiger charge is 2.25. The van der Waals surface area contributed by atoms with Gasteiger partial charge in [-0.25, -0.2) is 0 Å². The maximum Gasteiger partial charge on any atom is 0.155 e. The topological polar surface area (TPSA) is 23.8 Å². The first kappa shape index (κ1) is 23.1. The third-order valence-corrected chi connectivity index (χ3v) is 9.17. The Balaban J connectivity index is 1.48. The fourth-order valence-corrected chi connectivity index (χ4v) is 7.29. The number of nitrogens with zero attached hydrogens (tertiary/aromatic N) is 1. The third kappa shape index (κ3) is 4.75. The molecule has 0 aromatic heterocycles. The second kappa shape index (κ2) is 10.3. The van der Waals surface area contributed by atoms with Gasteiger partial charge < -0.3 is 0 Å². The first-order chi connectivity index (χ1) is 18.3. The number of benzene rings is 6. The van der Waals surface area contributed by atoms with Crippen molar-refractivity contribution in [3.8, 4) is 17.2 Å². The van der Waals surface area contributed by atoms with Gasteiger partial charge in [0, 0.05) is 22.0 Å². The molecule has 1 unspecified atom stereocenters. The summed E-state index contributed by atoms with van der Waals surface area (Å²) in [5.74, 6) is 1.90. The number of hydrogen-bond donors (Lipinski definition) is 0. The van der Waals surface area contributed by atoms with E-state index in [1.807, 2.05) is 12.1 Å². The predicted octanol–water partition coefficient (Wildman–Crippen LogP) is 8.91. The van der Waals surface area contributed by atoms with Crippen LogP contribution in [0.1, 0.15) is 16.7 Å². The van der Waals surface area contributed by atoms with E-state index in [0.717, 1.165) is 11.5 Å². The molecule has 0 amide bonds. The fraction of sp³-hybridized carbons (Fsp3) is 0.0571. The molecule has 176 valence electrons. The largest absolute Gasteiger partial charge is 0.192 e. The van der Waals surface area contributed by atoms with E-state index in [1.54, 1.807) is 0 Å². The molecular weight excluding hydrogens is 466 g/mol. The maximum absolute atomic E-state index is 9.22. The molecule has 0 bridgehead atoms. The maximum atomic E-state index is 9.22. The van der Waals surface area contributed by atoms with E-state index >= 15 is 0 Å². The molecule has 2 heteroatoms. The van der Waals surface area contributed by atoms with Crippen LogP contribution in [-0.4, -0.2) is 0 Å². The van der Waals surface area contributed by atoms with Gasteiger partial charge >= 0.3 is 0 Å². The van der Waals surface area contributed by atoms with Crippen LogP contribution in [0.5, 0.6) is 0 Å². The monoisotopic (exact) mass is 492 g/mol. The Labute approximate surface area is 221 Å². The first-order valence-corrected chi connectivity index (χ1v) is 14.1. The molecule has 6 rings (SSSR count). The standard InChI is InChI=1S/C35H26NS/c36-23-26-18-20-27(21-19-26)24-37(31-13-2-1-3-14-31)25-30-12-6-9-17-34(30)35-32-15-7-4-10-28(32)22-29-11-5-8-16-33(29)35/h1-22H,24-25H2/q+1. The van der Waals surface area contributed by atoms with Crippen LogP contribution in [0.15, 0.2) is 138 Å². The highest BCUT2D eigenvalue weighted by molar-refractivity contribution is 7.95. The van der Waals surface area contributed by atoms with Crippen LogP contribution in [0.4, 0.5) is 0 Å². The van der Waals surface area contributed by atoms with Crippen LogP contribution in [0, 0.1) is 11.3 Å². The van der Waals surface area contributed by atoms with Gasteiger partial charge in [-0.3, -0.25) is 0 Å². The van der Waals surface area contributed by atoms with Crippen LogP contribution < -0.4 is 0 Å². The molecule has 37 heavy (non-hydrogen) atoms. The SMILES string of the molecule is N#Cc1ccc(C[S+](Cc2ccccc2-c2c3ccccc3cc3ccccc23)c2ccccc2)cc1. The van der Waals surface area contributed by atoms with Gasteiger partial charge in [-0.1, -0.05) is 103 Å². The van der Waals surface area contributed by atoms with E-state index in [9.17, 15) is 5.26 Å². The summed E-state index contributed by atoms with van der Waals surface area (Å²) in [6.07, 6.45) is 0. The van der Waals surface area contributed by atoms with E-state index in [1.165, 1.54) is 48.7 Å². The molecule has 0 N–H and O–H groups in total. The summed E-state index contributed by atoms with van der Waals surface area (Å²) in [6, 6.07) is 49.8. The van der Waals surface area contributed by atoms with Gasteiger partial charge in [-0.15, -0.1) is 0 Å². The van der Waals surface area contributed by atoms with Gasteiger partial charge in [0.2, 0.25) is 0 Å². The molecule has 0 fully saturated rings. The van der Waals surface area contributed by atoms with Crippen molar-refractivity contribution in [2.75, 3.05) is 0 Å². The van der Waals surface area contributed by atoms with Gasteiger partial charge in [-0.2, -0.15) is 5.26 Å². The highest BCUT2D eigenvalue weighted by Crippen LogP contribution is 2.39. The zero-order valence-electron chi connectivity index (χ0n) is 20.5. The number of hydrogen-bond acceptors (Lipinski definition) is 1. The Morgan fingerprint density at radius 1 is 0.568 bits per heavy atom. The van der Waals surface area contributed by atoms with Gasteiger partial charge in [-0.05, 0) is 63.0 Å². The normalized spacial score (nSPS) is 11.9. The first-order valence-electron chi connectivity index (χ1n) is 12.5. The molecule has 6 aromatic carbocycles. The number of fused-ring (bicyclic) bond motifs is 2. The molecule has 0 radical (unpaired) electrons. The summed E-state index contributed by atoms with van der Waals surface area (Å²) in [5.41, 5.74) is 5.96. The zero-order chi connectivity index (χ0) is 25.0. The molecule has 0 saturated carbocycles. The van der Waals surface area contributed by atoms with Gasteiger partial charge in [0.1, 0.15) is 11.5 Å². The fourth-order valence-electron chi connectivity index (χ4n) is 5.09. The van der Waals surface area contributed by atoms with E-state index in [4.69, 9.17) is 0 Å². The van der Waals surface area contributed by atoms with Crippen molar-refractivity contribution in [3.63, 3.8) is 0 Å². The average Bonchev–Trinajstić information content (AvgIpc) is 2.97. The predicted molar refractivity (Wildman–Crippen MR) is 158 cm³/mol. The summed E-state index contributed by atoms with van der Waals surface area (Å²) < 4.78 is 0. The van der Waals surface area contributed by atoms with Crippen LogP contribution in [-0.2, 0) is 22.4 Å². The lowest BCUT2D eigenvalue weighted by Crippen LogP contribution is -2.10. The smallest absolute Gasteiger partial charge is 0.155 e. The molecule has 0 aliphatic rings. The molecular formula is C35H26NS+. The molecule has 6 aromatic rings. The van der Waals surface area contributed by atoms with Crippen molar-refractivity contribution < 1.29 is 0 Å². The van der Waals surface area contributed by atoms with Crippen molar-refractivity contribution in [2.45, 2.75) is 16.4 Å². The lowest BCUT2D eigenvalue weighted by Gasteiger charge is -2.16. The van der Waals surface area contributed by atoms with Crippen LogP contribution in [0.3, 0.4) is 0 Å². The molecule has 0 aliphatic heterocycles. The van der Waals surface area contributed by atoms with E-state index in [-0.39, 0.29) is 10.9 Å². The zero-order valence-corrected chi connectivity index (χ0v) is 21.3. The molecule has 1 nitrogen and oxygen atoms in total. The van der Waals surface area contributed by atoms with Crippen molar-refractivity contribution in [1.82, 2.24) is 0 Å². The van der Waals surface area contributed by atoms with E-state index < -0.39 is 0 Å². The van der Waals surface area contributed by atoms with Crippen molar-refractivity contribution in [2.24, 2.45) is 0 Å². The third-order valence-electron chi connectivity index (χ3n) is 6.89. The Morgan fingerprint density at radius 2 is 1.16 bits per heavy atom. The van der Waals surface area contributed by atoms with Crippen molar-refractivity contribution in [3.05, 3.63) is 150 Å². The van der Waals surface area contributed by atoms with Gasteiger partial charge in [0.15, 0.2) is 4.90 Å². The molecule has 0 spiro atoms. The number of nitriles is 1. The Morgan fingerprint density at radius 3 is 1.84 bits per heavy atom. The molecule has 0 saturated heterocycles. The quantitative estimate of drug-likeness (QED) is 0.168. The summed E-state index contributed by atoms with van der Waals surface area (Å²) in [5, 5.41) is 14.3. The lowest BCUT2D eigenvalue weighted by atomic mass is 9.90. The van der Waals surface area contributed by atoms with Gasteiger partial charge in [0.25, 0.3) is 0 Å². The van der Waals surface area contributed by atoms with Crippen LogP contribution in [0.2, 0.25) is 0 Å². The summed E-state index contributed by atoms with van der Waals surface area (Å²) in [7, 11) is -0.0328. The Hall–Kier alpha value is -4.32. The van der Waals surface area contributed by atoms with Crippen molar-refractivity contribution >= 4 is 32.4 Å². The molecule has 0 aliphatic carbocycles. The number of rotatable bonds is 6. The van der Waals surface area contributed by atoms with Crippen LogP contribution in [0.25, 0.3) is 32.7 Å². The Bertz CT molecular complexity index is 1680. The molecule has 0 heterocycles. The Kier molecular flexibility index (Phi) is 6.46. The summed E-state index contributed by atoms with van der Waals surface area (Å²) in [6.45, 7) is 0.